The Kier molecular flexibility index (Phi) is 1.63. The molecule has 0 spiro atoms. The Bertz CT molecular complexity index is 447. The molecule has 0 aliphatic heterocycles. The van der Waals surface area contributed by atoms with Crippen LogP contribution in [0.25, 0.3) is 11.6 Å². The fourth-order valence-corrected chi connectivity index (χ4v) is 2.57. The average Bonchev–Trinajstić information content (AvgIpc) is 2.46. The lowest BCUT2D eigenvalue weighted by atomic mass is 9.97. The van der Waals surface area contributed by atoms with Gasteiger partial charge >= 0.3 is 0 Å². The van der Waals surface area contributed by atoms with Crippen LogP contribution in [0, 0.1) is 6.92 Å². The highest BCUT2D eigenvalue weighted by atomic mass is 14.2. The summed E-state index contributed by atoms with van der Waals surface area (Å²) in [5, 5.41) is 0. The van der Waals surface area contributed by atoms with Gasteiger partial charge in [-0.25, -0.2) is 0 Å². The highest BCUT2D eigenvalue weighted by molar-refractivity contribution is 5.82. The van der Waals surface area contributed by atoms with Gasteiger partial charge in [0.2, 0.25) is 0 Å². The van der Waals surface area contributed by atoms with E-state index in [1.165, 1.54) is 24.0 Å². The van der Waals surface area contributed by atoms with Gasteiger partial charge < -0.3 is 0 Å². The van der Waals surface area contributed by atoms with E-state index in [0.29, 0.717) is 0 Å². The van der Waals surface area contributed by atoms with E-state index < -0.39 is 0 Å². The van der Waals surface area contributed by atoms with Gasteiger partial charge in [-0.1, -0.05) is 30.4 Å². The first-order valence-corrected chi connectivity index (χ1v) is 5.34. The lowest BCUT2D eigenvalue weighted by molar-refractivity contribution is 1.08. The predicted octanol–water partition coefficient (Wildman–Crippen LogP) is 3.74. The average molecular weight is 182 g/mol. The minimum atomic E-state index is 1.10. The summed E-state index contributed by atoms with van der Waals surface area (Å²) < 4.78 is 0. The van der Waals surface area contributed by atoms with Crippen molar-refractivity contribution in [2.24, 2.45) is 0 Å². The molecule has 2 aliphatic rings. The second kappa shape index (κ2) is 2.84. The topological polar surface area (TPSA) is 0 Å². The Balaban J connectivity index is 2.37. The van der Waals surface area contributed by atoms with E-state index in [0.717, 1.165) is 6.42 Å². The maximum atomic E-state index is 2.39. The number of allylic oxidation sites excluding steroid dienone is 3. The van der Waals surface area contributed by atoms with E-state index in [9.17, 15) is 0 Å². The number of hydrogen-bond donors (Lipinski definition) is 0. The Labute approximate surface area is 85.0 Å². The highest BCUT2D eigenvalue weighted by Gasteiger charge is 2.20. The Hall–Kier alpha value is -1.30. The van der Waals surface area contributed by atoms with Crippen LogP contribution in [0.3, 0.4) is 0 Å². The van der Waals surface area contributed by atoms with Crippen molar-refractivity contribution in [1.29, 1.82) is 0 Å². The van der Waals surface area contributed by atoms with Gasteiger partial charge in [-0.3, -0.25) is 0 Å². The van der Waals surface area contributed by atoms with Gasteiger partial charge in [0.15, 0.2) is 0 Å². The molecule has 0 saturated carbocycles. The van der Waals surface area contributed by atoms with E-state index in [4.69, 9.17) is 0 Å². The second-order valence-corrected chi connectivity index (χ2v) is 4.20. The van der Waals surface area contributed by atoms with Crippen molar-refractivity contribution in [2.75, 3.05) is 0 Å². The summed E-state index contributed by atoms with van der Waals surface area (Å²) in [6.45, 7) is 2.21. The van der Waals surface area contributed by atoms with Crippen LogP contribution < -0.4 is 0 Å². The third-order valence-corrected chi connectivity index (χ3v) is 3.32. The summed E-state index contributed by atoms with van der Waals surface area (Å²) in [5.41, 5.74) is 7.53. The minimum Gasteiger partial charge on any atom is -0.0801 e. The molecule has 0 aromatic heterocycles. The molecule has 14 heavy (non-hydrogen) atoms. The monoisotopic (exact) mass is 182 g/mol. The zero-order chi connectivity index (χ0) is 9.54. The van der Waals surface area contributed by atoms with Crippen LogP contribution in [-0.2, 0) is 6.42 Å². The van der Waals surface area contributed by atoms with Gasteiger partial charge in [0, 0.05) is 0 Å². The number of hydrogen-bond acceptors (Lipinski definition) is 0. The van der Waals surface area contributed by atoms with E-state index in [1.54, 1.807) is 16.7 Å². The van der Waals surface area contributed by atoms with Crippen molar-refractivity contribution in [3.8, 4) is 0 Å². The molecule has 0 N–H and O–H groups in total. The maximum Gasteiger partial charge on any atom is -0.0120 e. The summed E-state index contributed by atoms with van der Waals surface area (Å²) in [6.07, 6.45) is 10.5. The molecule has 1 aromatic rings. The van der Waals surface area contributed by atoms with Crippen LogP contribution in [0.5, 0.6) is 0 Å². The lowest BCUT2D eigenvalue weighted by Gasteiger charge is -2.08. The molecule has 0 saturated heterocycles. The molecule has 2 aliphatic carbocycles. The van der Waals surface area contributed by atoms with Crippen LogP contribution in [0.15, 0.2) is 24.3 Å². The molecule has 0 fully saturated rings. The highest BCUT2D eigenvalue weighted by Crippen LogP contribution is 2.38. The normalized spacial score (nSPS) is 17.6. The predicted molar refractivity (Wildman–Crippen MR) is 61.1 cm³/mol. The molecule has 0 bridgehead atoms. The smallest absolute Gasteiger partial charge is 0.0120 e. The molecule has 70 valence electrons. The summed E-state index contributed by atoms with van der Waals surface area (Å²) in [7, 11) is 0. The van der Waals surface area contributed by atoms with Gasteiger partial charge in [0.25, 0.3) is 0 Å². The van der Waals surface area contributed by atoms with Crippen LogP contribution >= 0.6 is 0 Å². The first-order chi connectivity index (χ1) is 6.86. The van der Waals surface area contributed by atoms with E-state index in [-0.39, 0.29) is 0 Å². The Morgan fingerprint density at radius 1 is 1.14 bits per heavy atom. The van der Waals surface area contributed by atoms with Crippen molar-refractivity contribution in [2.45, 2.75) is 26.2 Å². The summed E-state index contributed by atoms with van der Waals surface area (Å²) in [4.78, 5) is 0. The fraction of sp³-hybridized carbons (Fsp3) is 0.286. The minimum absolute atomic E-state index is 1.10. The van der Waals surface area contributed by atoms with E-state index in [1.807, 2.05) is 0 Å². The molecule has 0 atom stereocenters. The Morgan fingerprint density at radius 3 is 3.00 bits per heavy atom. The second-order valence-electron chi connectivity index (χ2n) is 4.20. The first kappa shape index (κ1) is 8.05. The molecule has 0 radical (unpaired) electrons. The number of rotatable bonds is 0. The van der Waals surface area contributed by atoms with Gasteiger partial charge in [-0.2, -0.15) is 0 Å². The first-order valence-electron chi connectivity index (χ1n) is 5.34. The third-order valence-electron chi connectivity index (χ3n) is 3.32. The van der Waals surface area contributed by atoms with Crippen molar-refractivity contribution >= 4 is 11.6 Å². The van der Waals surface area contributed by atoms with Gasteiger partial charge in [-0.15, -0.1) is 0 Å². The summed E-state index contributed by atoms with van der Waals surface area (Å²) in [5.74, 6) is 0. The molecular weight excluding hydrogens is 168 g/mol. The molecule has 0 unspecified atom stereocenters. The molecule has 1 aromatic carbocycles. The quantitative estimate of drug-likeness (QED) is 0.573. The van der Waals surface area contributed by atoms with Crippen LogP contribution in [-0.4, -0.2) is 0 Å². The maximum absolute atomic E-state index is 2.39. The largest absolute Gasteiger partial charge is 0.0801 e. The molecule has 0 heterocycles. The molecule has 3 rings (SSSR count). The van der Waals surface area contributed by atoms with Crippen molar-refractivity contribution in [3.63, 3.8) is 0 Å². The van der Waals surface area contributed by atoms with Crippen LogP contribution in [0.4, 0.5) is 0 Å². The van der Waals surface area contributed by atoms with E-state index >= 15 is 0 Å². The zero-order valence-electron chi connectivity index (χ0n) is 8.51. The fourth-order valence-electron chi connectivity index (χ4n) is 2.57. The van der Waals surface area contributed by atoms with Crippen LogP contribution in [0.1, 0.15) is 35.1 Å². The zero-order valence-corrected chi connectivity index (χ0v) is 8.51. The molecule has 0 nitrogen and oxygen atoms in total. The standard InChI is InChI=1S/C14H14/c1-10-6-7-12-9-8-11-4-2-3-5-13(10)14(11)12/h3-7H,2,8-9H2,1H3. The van der Waals surface area contributed by atoms with Crippen molar-refractivity contribution in [1.82, 2.24) is 0 Å². The van der Waals surface area contributed by atoms with E-state index in [2.05, 4.69) is 37.3 Å². The Morgan fingerprint density at radius 2 is 2.07 bits per heavy atom. The molecule has 0 heteroatoms. The van der Waals surface area contributed by atoms with Crippen LogP contribution in [0.2, 0.25) is 0 Å². The van der Waals surface area contributed by atoms with Gasteiger partial charge in [-0.05, 0) is 54.0 Å². The van der Waals surface area contributed by atoms with Gasteiger partial charge in [0.05, 0.1) is 0 Å². The number of benzene rings is 1. The SMILES string of the molecule is Cc1ccc2c3c1C=CCC=C3CC2. The lowest BCUT2D eigenvalue weighted by Crippen LogP contribution is -1.89. The molecule has 0 amide bonds. The summed E-state index contributed by atoms with van der Waals surface area (Å²) in [6, 6.07) is 4.56. The van der Waals surface area contributed by atoms with Crippen molar-refractivity contribution < 1.29 is 0 Å². The third kappa shape index (κ3) is 1.00. The van der Waals surface area contributed by atoms with Gasteiger partial charge in [0.1, 0.15) is 0 Å². The molecular formula is C14H14. The summed E-state index contributed by atoms with van der Waals surface area (Å²) >= 11 is 0. The number of aryl methyl sites for hydroxylation is 2. The van der Waals surface area contributed by atoms with Crippen molar-refractivity contribution in [3.05, 3.63) is 46.5 Å².